The molecule has 0 fully saturated rings. The van der Waals surface area contributed by atoms with Gasteiger partial charge in [0.2, 0.25) is 0 Å². The van der Waals surface area contributed by atoms with Crippen LogP contribution in [0.1, 0.15) is 6.92 Å². The van der Waals surface area contributed by atoms with Crippen molar-refractivity contribution in [2.45, 2.75) is 6.92 Å². The average molecular weight is 322 g/mol. The van der Waals surface area contributed by atoms with Gasteiger partial charge in [-0.15, -0.1) is 0 Å². The Hall–Kier alpha value is -2.12. The predicted molar refractivity (Wildman–Crippen MR) is 52.0 cm³/mol. The Balaban J connectivity index is -0.0000000999. The van der Waals surface area contributed by atoms with Gasteiger partial charge in [-0.3, -0.25) is 0 Å². The van der Waals surface area contributed by atoms with Gasteiger partial charge in [0, 0.05) is 23.1 Å². The van der Waals surface area contributed by atoms with Crippen molar-refractivity contribution in [3.05, 3.63) is 31.2 Å². The molecule has 1 radical (unpaired) electrons. The van der Waals surface area contributed by atoms with E-state index in [0.29, 0.717) is 24.3 Å². The van der Waals surface area contributed by atoms with Crippen LogP contribution in [-0.4, -0.2) is 29.0 Å². The summed E-state index contributed by atoms with van der Waals surface area (Å²) in [6.07, 6.45) is 1.71. The number of carbonyl (C=O) groups is 4. The normalized spacial score (nSPS) is 8.32. The predicted octanol–water partition coefficient (Wildman–Crippen LogP) is -3.74. The first-order chi connectivity index (χ1) is 8.25. The van der Waals surface area contributed by atoms with Gasteiger partial charge in [0.15, 0.2) is 0 Å². The third kappa shape index (κ3) is 49.3. The van der Waals surface area contributed by atoms with Gasteiger partial charge >= 0.3 is 5.97 Å². The van der Waals surface area contributed by atoms with Crippen LogP contribution in [0.3, 0.4) is 0 Å². The summed E-state index contributed by atoms with van der Waals surface area (Å²) >= 11 is 0. The SMILES string of the molecule is O=C([O-])/C=C/C(=O)O.O=C([O-])/C=C/C(=O)[O-].[CH2-]C.[Cu]. The summed E-state index contributed by atoms with van der Waals surface area (Å²) < 4.78 is 0. The molecule has 0 aliphatic carbocycles. The van der Waals surface area contributed by atoms with Crippen molar-refractivity contribution in [1.29, 1.82) is 0 Å². The molecule has 0 bridgehead atoms. The largest absolute Gasteiger partial charge is 0.545 e. The topological polar surface area (TPSA) is 158 Å². The molecule has 0 aliphatic rings. The summed E-state index contributed by atoms with van der Waals surface area (Å²) in [5, 5.41) is 36.1. The van der Waals surface area contributed by atoms with E-state index in [4.69, 9.17) is 5.11 Å². The van der Waals surface area contributed by atoms with E-state index >= 15 is 0 Å². The third-order valence-corrected chi connectivity index (χ3v) is 0.717. The van der Waals surface area contributed by atoms with Crippen molar-refractivity contribution in [2.24, 2.45) is 0 Å². The maximum absolute atomic E-state index is 9.53. The second kappa shape index (κ2) is 18.3. The van der Waals surface area contributed by atoms with Crippen LogP contribution >= 0.6 is 0 Å². The number of carbonyl (C=O) groups excluding carboxylic acids is 3. The van der Waals surface area contributed by atoms with Gasteiger partial charge in [0.1, 0.15) is 0 Å². The number of carboxylic acids is 4. The standard InChI is InChI=1S/2C4H4O4.C2H5.Cu/c2*5-3(6)1-2-4(7)8;1-2;/h2*1-2H,(H,5,6)(H,7,8);1H2,2H3;/q;;-1;/p-3/b2*2-1+;;. The Morgan fingerprint density at radius 3 is 1.11 bits per heavy atom. The summed E-state index contributed by atoms with van der Waals surface area (Å²) in [7, 11) is 0. The summed E-state index contributed by atoms with van der Waals surface area (Å²) in [6, 6.07) is 0. The molecule has 8 nitrogen and oxygen atoms in total. The second-order valence-corrected chi connectivity index (χ2v) is 1.96. The van der Waals surface area contributed by atoms with Crippen LogP contribution in [0.25, 0.3) is 0 Å². The molecule has 0 saturated heterocycles. The number of carboxylic acid groups (broad SMARTS) is 4. The van der Waals surface area contributed by atoms with E-state index in [1.165, 1.54) is 0 Å². The van der Waals surface area contributed by atoms with Crippen LogP contribution < -0.4 is 15.3 Å². The summed E-state index contributed by atoms with van der Waals surface area (Å²) in [6.45, 7) is 5.00. The zero-order valence-electron chi connectivity index (χ0n) is 9.62. The van der Waals surface area contributed by atoms with Gasteiger partial charge in [-0.25, -0.2) is 4.79 Å². The van der Waals surface area contributed by atoms with E-state index < -0.39 is 23.9 Å². The first-order valence-corrected chi connectivity index (χ1v) is 4.18. The fourth-order valence-electron chi connectivity index (χ4n) is 0.275. The molecule has 9 heteroatoms. The molecule has 0 amide bonds. The second-order valence-electron chi connectivity index (χ2n) is 1.96. The van der Waals surface area contributed by atoms with Gasteiger partial charge in [0.25, 0.3) is 0 Å². The van der Waals surface area contributed by atoms with Crippen molar-refractivity contribution in [3.63, 3.8) is 0 Å². The number of aliphatic carboxylic acids is 4. The van der Waals surface area contributed by atoms with Gasteiger partial charge in [0.05, 0.1) is 17.9 Å². The summed E-state index contributed by atoms with van der Waals surface area (Å²) in [4.78, 5) is 37.8. The van der Waals surface area contributed by atoms with E-state index in [0.717, 1.165) is 0 Å². The average Bonchev–Trinajstić information content (AvgIpc) is 2.27. The van der Waals surface area contributed by atoms with Crippen molar-refractivity contribution in [1.82, 2.24) is 0 Å². The van der Waals surface area contributed by atoms with Gasteiger partial charge in [-0.1, -0.05) is 0 Å². The number of hydrogen-bond donors (Lipinski definition) is 1. The molecule has 1 N–H and O–H groups in total. The van der Waals surface area contributed by atoms with Crippen LogP contribution in [0, 0.1) is 6.92 Å². The van der Waals surface area contributed by atoms with E-state index in [9.17, 15) is 34.5 Å². The molecule has 0 rings (SSSR count). The molecule has 0 unspecified atom stereocenters. The Morgan fingerprint density at radius 1 is 0.789 bits per heavy atom. The fraction of sp³-hybridized carbons (Fsp3) is 0.100. The van der Waals surface area contributed by atoms with Crippen LogP contribution in [0.4, 0.5) is 0 Å². The monoisotopic (exact) mass is 321 g/mol. The van der Waals surface area contributed by atoms with Crippen molar-refractivity contribution in [3.8, 4) is 0 Å². The zero-order chi connectivity index (χ0) is 15.1. The fourth-order valence-corrected chi connectivity index (χ4v) is 0.275. The zero-order valence-corrected chi connectivity index (χ0v) is 10.6. The maximum Gasteiger partial charge on any atom is 0.328 e. The minimum absolute atomic E-state index is 0. The van der Waals surface area contributed by atoms with Crippen LogP contribution in [0.2, 0.25) is 0 Å². The Kier molecular flexibility index (Phi) is 24.6. The van der Waals surface area contributed by atoms with Crippen LogP contribution in [0.5, 0.6) is 0 Å². The van der Waals surface area contributed by atoms with E-state index in [1.54, 1.807) is 6.92 Å². The first-order valence-electron chi connectivity index (χ1n) is 4.18. The molecule has 0 aromatic heterocycles. The van der Waals surface area contributed by atoms with E-state index in [-0.39, 0.29) is 17.1 Å². The molecule has 0 aliphatic heterocycles. The molecule has 0 spiro atoms. The molecule has 0 heterocycles. The van der Waals surface area contributed by atoms with Crippen molar-refractivity contribution in [2.75, 3.05) is 0 Å². The maximum atomic E-state index is 9.53. The van der Waals surface area contributed by atoms with E-state index in [2.05, 4.69) is 6.92 Å². The van der Waals surface area contributed by atoms with Gasteiger partial charge in [-0.05, 0) is 18.2 Å². The van der Waals surface area contributed by atoms with Gasteiger partial charge < -0.3 is 41.7 Å². The smallest absolute Gasteiger partial charge is 0.328 e. The van der Waals surface area contributed by atoms with E-state index in [1.807, 2.05) is 0 Å². The van der Waals surface area contributed by atoms with Crippen molar-refractivity contribution >= 4 is 23.9 Å². The Labute approximate surface area is 119 Å². The quantitative estimate of drug-likeness (QED) is 0.314. The molecule has 0 aromatic rings. The third-order valence-electron chi connectivity index (χ3n) is 0.717. The number of hydrogen-bond acceptors (Lipinski definition) is 7. The van der Waals surface area contributed by atoms with Crippen LogP contribution in [-0.2, 0) is 36.2 Å². The minimum atomic E-state index is -1.55. The molecule has 0 atom stereocenters. The first kappa shape index (κ1) is 25.7. The van der Waals surface area contributed by atoms with Crippen molar-refractivity contribution < 1.29 is 56.7 Å². The summed E-state index contributed by atoms with van der Waals surface area (Å²) in [5.74, 6) is -5.90. The number of rotatable bonds is 4. The molecule has 19 heavy (non-hydrogen) atoms. The Morgan fingerprint density at radius 2 is 1.00 bits per heavy atom. The molecule has 113 valence electrons. The molecule has 0 aromatic carbocycles. The minimum Gasteiger partial charge on any atom is -0.545 e. The molecule has 0 saturated carbocycles. The Bertz CT molecular complexity index is 279. The summed E-state index contributed by atoms with van der Waals surface area (Å²) in [5.41, 5.74) is 0. The van der Waals surface area contributed by atoms with Gasteiger partial charge in [-0.2, -0.15) is 6.92 Å². The molecular formula is C10H10CuO8-4. The van der Waals surface area contributed by atoms with Crippen LogP contribution in [0.15, 0.2) is 24.3 Å². The molecular weight excluding hydrogens is 312 g/mol.